The van der Waals surface area contributed by atoms with Crippen LogP contribution in [0.4, 0.5) is 0 Å². The third kappa shape index (κ3) is 11.4. The first-order chi connectivity index (χ1) is 13.6. The minimum atomic E-state index is -4.72. The molecule has 0 spiro atoms. The fourth-order valence-electron chi connectivity index (χ4n) is 3.02. The molecular weight excluding hydrogens is 429 g/mol. The normalized spacial score (nSPS) is 16.4. The summed E-state index contributed by atoms with van der Waals surface area (Å²) in [5, 5.41) is 6.74. The molecule has 0 aliphatic carbocycles. The van der Waals surface area contributed by atoms with Crippen molar-refractivity contribution in [2.45, 2.75) is 88.7 Å². The van der Waals surface area contributed by atoms with Crippen molar-refractivity contribution in [1.82, 2.24) is 5.06 Å². The van der Waals surface area contributed by atoms with Gasteiger partial charge in [-0.15, -0.1) is 5.06 Å². The Kier molecular flexibility index (Phi) is 14.4. The molecule has 2 N–H and O–H groups in total. The molecule has 0 saturated carbocycles. The first kappa shape index (κ1) is 29.0. The number of unbranched alkanes of at least 4 members (excludes halogenated alkanes) is 9. The van der Waals surface area contributed by atoms with E-state index in [9.17, 15) is 27.6 Å². The Hall–Kier alpha value is -1.01. The van der Waals surface area contributed by atoms with Crippen LogP contribution in [0.25, 0.3) is 0 Å². The quantitative estimate of drug-likeness (QED) is 0.161. The summed E-state index contributed by atoms with van der Waals surface area (Å²) in [5.41, 5.74) is 0. The molecule has 1 aliphatic rings. The number of carboxylic acids is 1. The van der Waals surface area contributed by atoms with Crippen molar-refractivity contribution in [2.75, 3.05) is 0 Å². The summed E-state index contributed by atoms with van der Waals surface area (Å²) in [5.74, 6) is -3.79. The van der Waals surface area contributed by atoms with Crippen molar-refractivity contribution in [2.24, 2.45) is 0 Å². The van der Waals surface area contributed by atoms with Crippen LogP contribution in [-0.2, 0) is 34.1 Å². The summed E-state index contributed by atoms with van der Waals surface area (Å²) in [6.45, 7) is 0. The van der Waals surface area contributed by atoms with Gasteiger partial charge in [-0.1, -0.05) is 51.4 Å². The zero-order valence-electron chi connectivity index (χ0n) is 16.4. The van der Waals surface area contributed by atoms with Crippen LogP contribution in [0.1, 0.15) is 83.5 Å². The van der Waals surface area contributed by atoms with Gasteiger partial charge in [0.25, 0.3) is 21.9 Å². The van der Waals surface area contributed by atoms with Gasteiger partial charge in [-0.25, -0.2) is 4.79 Å². The second kappa shape index (κ2) is 14.9. The SMILES string of the molecule is O=C(O)CCCCCCCCCCCCC(=O)ON1C(=O)CC(S(=O)(=O)O)C1=O.[NaH]. The number of aliphatic carboxylic acids is 1. The van der Waals surface area contributed by atoms with Gasteiger partial charge < -0.3 is 9.94 Å². The van der Waals surface area contributed by atoms with Crippen LogP contribution in [0, 0.1) is 0 Å². The molecule has 2 amide bonds. The maximum absolute atomic E-state index is 11.8. The Morgan fingerprint density at radius 1 is 0.900 bits per heavy atom. The van der Waals surface area contributed by atoms with E-state index in [-0.39, 0.29) is 47.5 Å². The molecule has 0 aromatic rings. The van der Waals surface area contributed by atoms with Gasteiger partial charge in [-0.3, -0.25) is 18.9 Å². The zero-order valence-corrected chi connectivity index (χ0v) is 17.2. The van der Waals surface area contributed by atoms with Crippen molar-refractivity contribution in [3.8, 4) is 0 Å². The first-order valence-electron chi connectivity index (χ1n) is 9.88. The van der Waals surface area contributed by atoms with Crippen molar-refractivity contribution < 1.29 is 42.1 Å². The van der Waals surface area contributed by atoms with E-state index >= 15 is 0 Å². The van der Waals surface area contributed by atoms with Gasteiger partial charge in [0.15, 0.2) is 5.25 Å². The first-order valence-corrected chi connectivity index (χ1v) is 11.4. The number of nitrogens with zero attached hydrogens (tertiary/aromatic N) is 1. The third-order valence-electron chi connectivity index (χ3n) is 4.64. The van der Waals surface area contributed by atoms with E-state index in [1.807, 2.05) is 0 Å². The second-order valence-electron chi connectivity index (χ2n) is 7.13. The third-order valence-corrected chi connectivity index (χ3v) is 5.72. The summed E-state index contributed by atoms with van der Waals surface area (Å²) in [6.07, 6.45) is 8.64. The van der Waals surface area contributed by atoms with E-state index in [1.165, 1.54) is 0 Å². The summed E-state index contributed by atoms with van der Waals surface area (Å²) in [4.78, 5) is 50.1. The predicted molar refractivity (Wildman–Crippen MR) is 108 cm³/mol. The van der Waals surface area contributed by atoms with E-state index in [1.54, 1.807) is 0 Å². The van der Waals surface area contributed by atoms with Crippen molar-refractivity contribution >= 4 is 63.4 Å². The van der Waals surface area contributed by atoms with Gasteiger partial charge in [0.2, 0.25) is 0 Å². The molecule has 10 nitrogen and oxygen atoms in total. The Balaban J connectivity index is 0.00000841. The van der Waals surface area contributed by atoms with Gasteiger partial charge in [-0.2, -0.15) is 8.42 Å². The number of carboxylic acid groups (broad SMARTS) is 1. The van der Waals surface area contributed by atoms with Crippen LogP contribution in [0.15, 0.2) is 0 Å². The van der Waals surface area contributed by atoms with E-state index in [0.29, 0.717) is 6.42 Å². The number of carbonyl (C=O) groups is 4. The van der Waals surface area contributed by atoms with Crippen molar-refractivity contribution in [3.63, 3.8) is 0 Å². The number of rotatable bonds is 15. The molecule has 1 aliphatic heterocycles. The Morgan fingerprint density at radius 3 is 1.73 bits per heavy atom. The Bertz CT molecular complexity index is 696. The van der Waals surface area contributed by atoms with Crippen LogP contribution in [-0.4, -0.2) is 81.7 Å². The standard InChI is InChI=1S/C18H29NO9S.Na.H/c20-15-13-14(29(25,26)27)18(24)19(15)28-17(23)12-10-8-6-4-2-1-3-5-7-9-11-16(21)22;;/h14H,1-13H2,(H,21,22)(H,25,26,27);;. The van der Waals surface area contributed by atoms with Crippen molar-refractivity contribution in [1.29, 1.82) is 0 Å². The molecule has 1 saturated heterocycles. The molecule has 0 bridgehead atoms. The molecule has 1 unspecified atom stereocenters. The number of imide groups is 1. The van der Waals surface area contributed by atoms with Gasteiger partial charge in [-0.05, 0) is 12.8 Å². The fourth-order valence-corrected chi connectivity index (χ4v) is 3.72. The average Bonchev–Trinajstić information content (AvgIpc) is 2.90. The molecule has 30 heavy (non-hydrogen) atoms. The molecule has 0 aromatic heterocycles. The van der Waals surface area contributed by atoms with Gasteiger partial charge in [0.1, 0.15) is 0 Å². The number of amides is 2. The molecule has 1 rings (SSSR count). The van der Waals surface area contributed by atoms with Crippen LogP contribution in [0.3, 0.4) is 0 Å². The van der Waals surface area contributed by atoms with Gasteiger partial charge in [0.05, 0.1) is 6.42 Å². The predicted octanol–water partition coefficient (Wildman–Crippen LogP) is 1.58. The van der Waals surface area contributed by atoms with E-state index in [2.05, 4.69) is 4.84 Å². The van der Waals surface area contributed by atoms with Gasteiger partial charge in [0, 0.05) is 12.8 Å². The number of hydrogen-bond acceptors (Lipinski definition) is 7. The van der Waals surface area contributed by atoms with Crippen LogP contribution in [0.5, 0.6) is 0 Å². The van der Waals surface area contributed by atoms with Crippen LogP contribution in [0.2, 0.25) is 0 Å². The molecule has 0 aromatic carbocycles. The van der Waals surface area contributed by atoms with Crippen LogP contribution < -0.4 is 0 Å². The molecule has 1 fully saturated rings. The Labute approximate surface area is 198 Å². The zero-order chi connectivity index (χ0) is 21.9. The van der Waals surface area contributed by atoms with Crippen LogP contribution >= 0.6 is 0 Å². The number of hydroxylamine groups is 2. The van der Waals surface area contributed by atoms with E-state index in [4.69, 9.17) is 9.66 Å². The summed E-state index contributed by atoms with van der Waals surface area (Å²) >= 11 is 0. The maximum atomic E-state index is 11.8. The molecule has 12 heteroatoms. The minimum absolute atomic E-state index is 0. The number of carbonyl (C=O) groups excluding carboxylic acids is 3. The molecule has 1 atom stereocenters. The van der Waals surface area contributed by atoms with Gasteiger partial charge >= 0.3 is 41.5 Å². The second-order valence-corrected chi connectivity index (χ2v) is 8.73. The summed E-state index contributed by atoms with van der Waals surface area (Å²) < 4.78 is 31.0. The fraction of sp³-hybridized carbons (Fsp3) is 0.778. The molecular formula is C18H30NNaO9S. The summed E-state index contributed by atoms with van der Waals surface area (Å²) in [6, 6.07) is 0. The topological polar surface area (TPSA) is 155 Å². The van der Waals surface area contributed by atoms with E-state index in [0.717, 1.165) is 57.8 Å². The molecule has 168 valence electrons. The average molecular weight is 459 g/mol. The number of hydrogen-bond donors (Lipinski definition) is 2. The molecule has 1 heterocycles. The monoisotopic (exact) mass is 459 g/mol. The Morgan fingerprint density at radius 2 is 1.33 bits per heavy atom. The van der Waals surface area contributed by atoms with E-state index < -0.39 is 45.5 Å². The molecule has 0 radical (unpaired) electrons. The van der Waals surface area contributed by atoms with Crippen molar-refractivity contribution in [3.05, 3.63) is 0 Å². The summed E-state index contributed by atoms with van der Waals surface area (Å²) in [7, 11) is -4.72.